The molecule has 2 saturated heterocycles. The van der Waals surface area contributed by atoms with Crippen LogP contribution in [0.3, 0.4) is 0 Å². The molecular formula is C25H29BrClN3O2. The average Bonchev–Trinajstić information content (AvgIpc) is 3.31. The minimum Gasteiger partial charge on any atom is -0.352 e. The molecule has 0 spiro atoms. The number of fused-ring (bicyclic) bond motifs is 1. The minimum atomic E-state index is -0.0809. The number of carbonyl (C=O) groups is 2. The Morgan fingerprint density at radius 1 is 1.03 bits per heavy atom. The molecule has 170 valence electrons. The maximum Gasteiger partial charge on any atom is 0.254 e. The van der Waals surface area contributed by atoms with Crippen LogP contribution in [-0.2, 0) is 0 Å². The SMILES string of the molecule is Cc1ccc(C(=O)NCCCN2CC3CN(C(=O)c4ccc(Br)cc4C)CC3C2)cc1Cl. The minimum absolute atomic E-state index is 0.0809. The van der Waals surface area contributed by atoms with Crippen molar-refractivity contribution in [1.29, 1.82) is 0 Å². The number of hydrogen-bond donors (Lipinski definition) is 1. The number of amides is 2. The number of nitrogens with one attached hydrogen (secondary N) is 1. The van der Waals surface area contributed by atoms with E-state index >= 15 is 0 Å². The highest BCUT2D eigenvalue weighted by Crippen LogP contribution is 2.32. The third kappa shape index (κ3) is 5.19. The number of halogens is 2. The Morgan fingerprint density at radius 3 is 2.41 bits per heavy atom. The van der Waals surface area contributed by atoms with Crippen LogP contribution in [0.15, 0.2) is 40.9 Å². The fraction of sp³-hybridized carbons (Fsp3) is 0.440. The van der Waals surface area contributed by atoms with E-state index in [4.69, 9.17) is 11.6 Å². The van der Waals surface area contributed by atoms with Crippen LogP contribution >= 0.6 is 27.5 Å². The fourth-order valence-electron chi connectivity index (χ4n) is 4.82. The summed E-state index contributed by atoms with van der Waals surface area (Å²) in [5.74, 6) is 1.15. The standard InChI is InChI=1S/C25H29BrClN3O2/c1-16-4-5-18(11-23(16)27)24(31)28-8-3-9-29-12-19-14-30(15-20(19)13-29)25(32)22-7-6-21(26)10-17(22)2/h4-7,10-11,19-20H,3,8-9,12-15H2,1-2H3,(H,28,31). The monoisotopic (exact) mass is 517 g/mol. The van der Waals surface area contributed by atoms with E-state index in [1.165, 1.54) is 0 Å². The molecule has 2 unspecified atom stereocenters. The van der Waals surface area contributed by atoms with Crippen LogP contribution in [0.1, 0.15) is 38.3 Å². The van der Waals surface area contributed by atoms with Gasteiger partial charge in [-0.05, 0) is 80.1 Å². The summed E-state index contributed by atoms with van der Waals surface area (Å²) in [7, 11) is 0. The van der Waals surface area contributed by atoms with Crippen molar-refractivity contribution in [2.45, 2.75) is 20.3 Å². The van der Waals surface area contributed by atoms with Crippen LogP contribution in [0.4, 0.5) is 0 Å². The van der Waals surface area contributed by atoms with Gasteiger partial charge in [0, 0.05) is 53.3 Å². The molecule has 2 aromatic carbocycles. The first-order valence-corrected chi connectivity index (χ1v) is 12.3. The lowest BCUT2D eigenvalue weighted by molar-refractivity contribution is 0.0773. The topological polar surface area (TPSA) is 52.7 Å². The van der Waals surface area contributed by atoms with Crippen molar-refractivity contribution in [1.82, 2.24) is 15.1 Å². The van der Waals surface area contributed by atoms with Gasteiger partial charge in [0.15, 0.2) is 0 Å². The van der Waals surface area contributed by atoms with Crippen molar-refractivity contribution in [2.24, 2.45) is 11.8 Å². The maximum atomic E-state index is 13.0. The van der Waals surface area contributed by atoms with Gasteiger partial charge >= 0.3 is 0 Å². The summed E-state index contributed by atoms with van der Waals surface area (Å²) in [6.07, 6.45) is 0.908. The molecule has 0 aromatic heterocycles. The summed E-state index contributed by atoms with van der Waals surface area (Å²) < 4.78 is 0.999. The van der Waals surface area contributed by atoms with Gasteiger partial charge in [0.1, 0.15) is 0 Å². The first-order valence-electron chi connectivity index (χ1n) is 11.1. The Labute approximate surface area is 203 Å². The van der Waals surface area contributed by atoms with E-state index in [2.05, 4.69) is 26.1 Å². The van der Waals surface area contributed by atoms with Crippen LogP contribution in [0.5, 0.6) is 0 Å². The highest BCUT2D eigenvalue weighted by atomic mass is 79.9. The van der Waals surface area contributed by atoms with Crippen LogP contribution in [-0.4, -0.2) is 60.9 Å². The van der Waals surface area contributed by atoms with E-state index < -0.39 is 0 Å². The van der Waals surface area contributed by atoms with Crippen molar-refractivity contribution in [2.75, 3.05) is 39.3 Å². The van der Waals surface area contributed by atoms with Crippen molar-refractivity contribution < 1.29 is 9.59 Å². The van der Waals surface area contributed by atoms with E-state index in [1.54, 1.807) is 12.1 Å². The van der Waals surface area contributed by atoms with Crippen molar-refractivity contribution in [3.63, 3.8) is 0 Å². The van der Waals surface area contributed by atoms with Crippen molar-refractivity contribution in [3.05, 3.63) is 68.1 Å². The number of rotatable bonds is 6. The van der Waals surface area contributed by atoms with Gasteiger partial charge in [0.2, 0.25) is 0 Å². The van der Waals surface area contributed by atoms with Crippen LogP contribution in [0, 0.1) is 25.7 Å². The Kier molecular flexibility index (Phi) is 7.23. The second kappa shape index (κ2) is 9.94. The molecule has 0 radical (unpaired) electrons. The molecule has 2 atom stereocenters. The quantitative estimate of drug-likeness (QED) is 0.571. The molecule has 2 aliphatic heterocycles. The zero-order valence-corrected chi connectivity index (χ0v) is 20.9. The molecule has 2 aliphatic rings. The molecule has 0 bridgehead atoms. The van der Waals surface area contributed by atoms with Crippen LogP contribution in [0.25, 0.3) is 0 Å². The van der Waals surface area contributed by atoms with Gasteiger partial charge in [-0.3, -0.25) is 9.59 Å². The second-order valence-electron chi connectivity index (χ2n) is 9.02. The zero-order valence-electron chi connectivity index (χ0n) is 18.5. The number of benzene rings is 2. The number of likely N-dealkylation sites (tertiary alicyclic amines) is 2. The van der Waals surface area contributed by atoms with E-state index in [-0.39, 0.29) is 11.8 Å². The Bertz CT molecular complexity index is 1010. The summed E-state index contributed by atoms with van der Waals surface area (Å²) >= 11 is 9.58. The summed E-state index contributed by atoms with van der Waals surface area (Å²) in [6, 6.07) is 11.2. The lowest BCUT2D eigenvalue weighted by Gasteiger charge is -2.22. The Morgan fingerprint density at radius 2 is 1.75 bits per heavy atom. The Hall–Kier alpha value is -1.89. The first kappa shape index (κ1) is 23.3. The van der Waals surface area contributed by atoms with Gasteiger partial charge in [-0.25, -0.2) is 0 Å². The molecule has 7 heteroatoms. The predicted molar refractivity (Wildman–Crippen MR) is 131 cm³/mol. The lowest BCUT2D eigenvalue weighted by atomic mass is 10.0. The number of aryl methyl sites for hydroxylation is 2. The molecule has 0 aliphatic carbocycles. The molecule has 4 rings (SSSR count). The molecule has 5 nitrogen and oxygen atoms in total. The number of carbonyl (C=O) groups excluding carboxylic acids is 2. The van der Waals surface area contributed by atoms with Gasteiger partial charge in [0.25, 0.3) is 11.8 Å². The number of hydrogen-bond acceptors (Lipinski definition) is 3. The van der Waals surface area contributed by atoms with E-state index in [9.17, 15) is 9.59 Å². The molecule has 2 heterocycles. The summed E-state index contributed by atoms with van der Waals surface area (Å²) in [5, 5.41) is 3.60. The largest absolute Gasteiger partial charge is 0.352 e. The predicted octanol–water partition coefficient (Wildman–Crippen LogP) is 4.54. The van der Waals surface area contributed by atoms with Crippen molar-refractivity contribution >= 4 is 39.3 Å². The molecule has 32 heavy (non-hydrogen) atoms. The highest BCUT2D eigenvalue weighted by molar-refractivity contribution is 9.10. The van der Waals surface area contributed by atoms with Crippen molar-refractivity contribution in [3.8, 4) is 0 Å². The summed E-state index contributed by atoms with van der Waals surface area (Å²) in [5.41, 5.74) is 3.38. The molecule has 2 fully saturated rings. The summed E-state index contributed by atoms with van der Waals surface area (Å²) in [6.45, 7) is 9.23. The van der Waals surface area contributed by atoms with Gasteiger partial charge < -0.3 is 15.1 Å². The zero-order chi connectivity index (χ0) is 22.8. The van der Waals surface area contributed by atoms with Gasteiger partial charge in [0.05, 0.1) is 0 Å². The number of nitrogens with zero attached hydrogens (tertiary/aromatic N) is 2. The van der Waals surface area contributed by atoms with Gasteiger partial charge in [-0.2, -0.15) is 0 Å². The second-order valence-corrected chi connectivity index (χ2v) is 10.3. The fourth-order valence-corrected chi connectivity index (χ4v) is 5.47. The maximum absolute atomic E-state index is 13.0. The molecule has 0 saturated carbocycles. The molecule has 2 aromatic rings. The normalized spacial score (nSPS) is 20.4. The van der Waals surface area contributed by atoms with E-state index in [0.29, 0.717) is 29.0 Å². The molecule has 1 N–H and O–H groups in total. The van der Waals surface area contributed by atoms with Crippen LogP contribution in [0.2, 0.25) is 5.02 Å². The molecular weight excluding hydrogens is 490 g/mol. The first-order chi connectivity index (χ1) is 15.3. The van der Waals surface area contributed by atoms with E-state index in [1.807, 2.05) is 43.0 Å². The smallest absolute Gasteiger partial charge is 0.254 e. The van der Waals surface area contributed by atoms with Crippen LogP contribution < -0.4 is 5.32 Å². The van der Waals surface area contributed by atoms with E-state index in [0.717, 1.165) is 60.3 Å². The average molecular weight is 519 g/mol. The Balaban J connectivity index is 1.20. The van der Waals surface area contributed by atoms with Gasteiger partial charge in [-0.1, -0.05) is 33.6 Å². The highest BCUT2D eigenvalue weighted by Gasteiger charge is 2.41. The van der Waals surface area contributed by atoms with Gasteiger partial charge in [-0.15, -0.1) is 0 Å². The molecule has 2 amide bonds. The third-order valence-corrected chi connectivity index (χ3v) is 7.54. The summed E-state index contributed by atoms with van der Waals surface area (Å²) in [4.78, 5) is 29.8. The lowest BCUT2D eigenvalue weighted by Crippen LogP contribution is -2.34. The third-order valence-electron chi connectivity index (χ3n) is 6.64.